The summed E-state index contributed by atoms with van der Waals surface area (Å²) in [5.74, 6) is 0. The van der Waals surface area contributed by atoms with Gasteiger partial charge in [0.15, 0.2) is 0 Å². The molecular weight excluding hydrogens is 220 g/mol. The van der Waals surface area contributed by atoms with Crippen molar-refractivity contribution >= 4 is 17.1 Å². The highest BCUT2D eigenvalue weighted by Gasteiger charge is 2.06. The van der Waals surface area contributed by atoms with E-state index in [4.69, 9.17) is 5.73 Å². The summed E-state index contributed by atoms with van der Waals surface area (Å²) in [4.78, 5) is 0. The summed E-state index contributed by atoms with van der Waals surface area (Å²) in [5.41, 5.74) is 13.9. The van der Waals surface area contributed by atoms with E-state index in [-0.39, 0.29) is 0 Å². The number of nitrogens with two attached hydrogens (primary N) is 1. The maximum atomic E-state index is 6.00. The van der Waals surface area contributed by atoms with Crippen molar-refractivity contribution in [2.24, 2.45) is 0 Å². The Morgan fingerprint density at radius 1 is 0.833 bits per heavy atom. The molecule has 0 fully saturated rings. The van der Waals surface area contributed by atoms with Gasteiger partial charge in [-0.3, -0.25) is 0 Å². The molecule has 0 bridgehead atoms. The molecule has 2 aromatic rings. The van der Waals surface area contributed by atoms with Gasteiger partial charge in [0.2, 0.25) is 0 Å². The van der Waals surface area contributed by atoms with Gasteiger partial charge in [-0.25, -0.2) is 0 Å². The van der Waals surface area contributed by atoms with Crippen molar-refractivity contribution in [3.63, 3.8) is 0 Å². The summed E-state index contributed by atoms with van der Waals surface area (Å²) < 4.78 is 0. The van der Waals surface area contributed by atoms with E-state index in [1.807, 2.05) is 12.1 Å². The number of nitrogen functional groups attached to an aromatic ring is 1. The van der Waals surface area contributed by atoms with Crippen molar-refractivity contribution in [2.45, 2.75) is 27.7 Å². The van der Waals surface area contributed by atoms with E-state index in [9.17, 15) is 0 Å². The zero-order chi connectivity index (χ0) is 13.3. The summed E-state index contributed by atoms with van der Waals surface area (Å²) in [6.07, 6.45) is 0. The molecule has 94 valence electrons. The van der Waals surface area contributed by atoms with Crippen LogP contribution in [0.5, 0.6) is 0 Å². The molecule has 0 saturated heterocycles. The van der Waals surface area contributed by atoms with Gasteiger partial charge in [-0.2, -0.15) is 0 Å². The van der Waals surface area contributed by atoms with E-state index in [1.54, 1.807) is 0 Å². The summed E-state index contributed by atoms with van der Waals surface area (Å²) in [5, 5.41) is 3.45. The molecule has 0 aromatic heterocycles. The third-order valence-electron chi connectivity index (χ3n) is 3.15. The number of aryl methyl sites for hydroxylation is 4. The number of benzene rings is 2. The highest BCUT2D eigenvalue weighted by Crippen LogP contribution is 2.29. The van der Waals surface area contributed by atoms with Crippen LogP contribution in [0.1, 0.15) is 22.3 Å². The Labute approximate surface area is 109 Å². The number of nitrogens with one attached hydrogen (secondary N) is 1. The van der Waals surface area contributed by atoms with Crippen molar-refractivity contribution in [2.75, 3.05) is 11.1 Å². The fraction of sp³-hybridized carbons (Fsp3) is 0.250. The molecule has 0 atom stereocenters. The number of hydrogen-bond donors (Lipinski definition) is 2. The highest BCUT2D eigenvalue weighted by molar-refractivity contribution is 5.76. The Morgan fingerprint density at radius 2 is 1.44 bits per heavy atom. The first kappa shape index (κ1) is 12.5. The summed E-state index contributed by atoms with van der Waals surface area (Å²) in [6, 6.07) is 10.4. The number of rotatable bonds is 2. The zero-order valence-corrected chi connectivity index (χ0v) is 11.5. The average molecular weight is 240 g/mol. The van der Waals surface area contributed by atoms with Crippen molar-refractivity contribution in [3.8, 4) is 0 Å². The molecule has 0 heterocycles. The van der Waals surface area contributed by atoms with Crippen LogP contribution in [0.25, 0.3) is 0 Å². The van der Waals surface area contributed by atoms with Gasteiger partial charge in [-0.05, 0) is 56.5 Å². The number of anilines is 3. The predicted octanol–water partition coefficient (Wildman–Crippen LogP) is 4.25. The largest absolute Gasteiger partial charge is 0.397 e. The van der Waals surface area contributed by atoms with Crippen LogP contribution in [0.2, 0.25) is 0 Å². The van der Waals surface area contributed by atoms with Crippen molar-refractivity contribution in [3.05, 3.63) is 52.6 Å². The molecule has 2 rings (SSSR count). The fourth-order valence-corrected chi connectivity index (χ4v) is 2.29. The second-order valence-electron chi connectivity index (χ2n) is 4.99. The smallest absolute Gasteiger partial charge is 0.0620 e. The second-order valence-corrected chi connectivity index (χ2v) is 4.99. The number of hydrogen-bond acceptors (Lipinski definition) is 2. The topological polar surface area (TPSA) is 38.0 Å². The molecule has 0 unspecified atom stereocenters. The van der Waals surface area contributed by atoms with E-state index >= 15 is 0 Å². The third kappa shape index (κ3) is 2.48. The second kappa shape index (κ2) is 4.73. The van der Waals surface area contributed by atoms with E-state index in [0.29, 0.717) is 0 Å². The molecule has 0 amide bonds. The molecule has 2 nitrogen and oxygen atoms in total. The normalized spacial score (nSPS) is 10.4. The van der Waals surface area contributed by atoms with Crippen LogP contribution >= 0.6 is 0 Å². The molecule has 0 aliphatic carbocycles. The van der Waals surface area contributed by atoms with Gasteiger partial charge in [0.25, 0.3) is 0 Å². The lowest BCUT2D eigenvalue weighted by Crippen LogP contribution is -2.00. The maximum absolute atomic E-state index is 6.00. The minimum atomic E-state index is 0.778. The highest BCUT2D eigenvalue weighted by atomic mass is 14.9. The van der Waals surface area contributed by atoms with Gasteiger partial charge in [-0.15, -0.1) is 0 Å². The Hall–Kier alpha value is -1.96. The lowest BCUT2D eigenvalue weighted by molar-refractivity contribution is 1.31. The average Bonchev–Trinajstić information content (AvgIpc) is 2.28. The molecule has 0 spiro atoms. The molecule has 0 radical (unpaired) electrons. The molecule has 2 aromatic carbocycles. The first-order chi connectivity index (χ1) is 8.47. The lowest BCUT2D eigenvalue weighted by atomic mass is 10.0. The lowest BCUT2D eigenvalue weighted by Gasteiger charge is -2.15. The Kier molecular flexibility index (Phi) is 3.28. The minimum absolute atomic E-state index is 0.778. The maximum Gasteiger partial charge on any atom is 0.0620 e. The van der Waals surface area contributed by atoms with Crippen LogP contribution in [0.3, 0.4) is 0 Å². The van der Waals surface area contributed by atoms with E-state index < -0.39 is 0 Å². The Balaban J connectivity index is 2.43. The SMILES string of the molecule is Cc1cc(C)c(Nc2cc(C)ccc2N)c(C)c1. The van der Waals surface area contributed by atoms with Crippen LogP contribution in [0, 0.1) is 27.7 Å². The summed E-state index contributed by atoms with van der Waals surface area (Å²) >= 11 is 0. The minimum Gasteiger partial charge on any atom is -0.397 e. The quantitative estimate of drug-likeness (QED) is 0.770. The van der Waals surface area contributed by atoms with Crippen LogP contribution in [0.15, 0.2) is 30.3 Å². The van der Waals surface area contributed by atoms with E-state index in [2.05, 4.69) is 51.2 Å². The van der Waals surface area contributed by atoms with Crippen LogP contribution in [-0.4, -0.2) is 0 Å². The summed E-state index contributed by atoms with van der Waals surface area (Å²) in [6.45, 7) is 8.42. The van der Waals surface area contributed by atoms with Gasteiger partial charge in [-0.1, -0.05) is 23.8 Å². The van der Waals surface area contributed by atoms with Gasteiger partial charge in [0.1, 0.15) is 0 Å². The van der Waals surface area contributed by atoms with Gasteiger partial charge < -0.3 is 11.1 Å². The van der Waals surface area contributed by atoms with Gasteiger partial charge in [0, 0.05) is 5.69 Å². The molecule has 2 heteroatoms. The first-order valence-corrected chi connectivity index (χ1v) is 6.18. The zero-order valence-electron chi connectivity index (χ0n) is 11.5. The molecule has 3 N–H and O–H groups in total. The van der Waals surface area contributed by atoms with Crippen molar-refractivity contribution < 1.29 is 0 Å². The van der Waals surface area contributed by atoms with Crippen molar-refractivity contribution in [1.82, 2.24) is 0 Å². The molecule has 0 saturated carbocycles. The first-order valence-electron chi connectivity index (χ1n) is 6.18. The van der Waals surface area contributed by atoms with E-state index in [1.165, 1.54) is 22.3 Å². The summed E-state index contributed by atoms with van der Waals surface area (Å²) in [7, 11) is 0. The third-order valence-corrected chi connectivity index (χ3v) is 3.15. The van der Waals surface area contributed by atoms with E-state index in [0.717, 1.165) is 17.1 Å². The van der Waals surface area contributed by atoms with Crippen LogP contribution < -0.4 is 11.1 Å². The fourth-order valence-electron chi connectivity index (χ4n) is 2.29. The van der Waals surface area contributed by atoms with Gasteiger partial charge in [0.05, 0.1) is 11.4 Å². The monoisotopic (exact) mass is 240 g/mol. The van der Waals surface area contributed by atoms with Gasteiger partial charge >= 0.3 is 0 Å². The standard InChI is InChI=1S/C16H20N2/c1-10-5-6-14(17)15(9-10)18-16-12(3)7-11(2)8-13(16)4/h5-9,18H,17H2,1-4H3. The molecule has 0 aliphatic heterocycles. The Bertz CT molecular complexity index is 563. The molecule has 18 heavy (non-hydrogen) atoms. The van der Waals surface area contributed by atoms with Crippen molar-refractivity contribution in [1.29, 1.82) is 0 Å². The molecule has 0 aliphatic rings. The Morgan fingerprint density at radius 3 is 2.06 bits per heavy atom. The van der Waals surface area contributed by atoms with Crippen LogP contribution in [0.4, 0.5) is 17.1 Å². The van der Waals surface area contributed by atoms with Crippen LogP contribution in [-0.2, 0) is 0 Å². The molecular formula is C16H20N2. The predicted molar refractivity (Wildman–Crippen MR) is 79.5 cm³/mol.